The molecule has 1 aliphatic carbocycles. The Morgan fingerprint density at radius 1 is 1.06 bits per heavy atom. The lowest BCUT2D eigenvalue weighted by atomic mass is 9.93. The maximum Gasteiger partial charge on any atom is 0.258 e. The van der Waals surface area contributed by atoms with Crippen LogP contribution in [0.15, 0.2) is 65.4 Å². The number of hydrogen-bond donors (Lipinski definition) is 0. The van der Waals surface area contributed by atoms with E-state index in [1.165, 1.54) is 11.2 Å². The normalized spacial score (nSPS) is 18.3. The zero-order valence-electron chi connectivity index (χ0n) is 19.4. The highest BCUT2D eigenvalue weighted by atomic mass is 16.5. The number of ketones is 1. The van der Waals surface area contributed by atoms with Gasteiger partial charge in [-0.15, -0.1) is 0 Å². The van der Waals surface area contributed by atoms with Gasteiger partial charge in [0.15, 0.2) is 5.78 Å². The molecule has 1 aliphatic heterocycles. The molecule has 35 heavy (non-hydrogen) atoms. The van der Waals surface area contributed by atoms with Crippen molar-refractivity contribution in [2.75, 3.05) is 19.6 Å². The molecular formula is C27H27N3O5. The Hall–Kier alpha value is -3.78. The average molecular weight is 474 g/mol. The van der Waals surface area contributed by atoms with Gasteiger partial charge in [-0.25, -0.2) is 0 Å². The predicted molar refractivity (Wildman–Crippen MR) is 127 cm³/mol. The second kappa shape index (κ2) is 10.2. The maximum absolute atomic E-state index is 13.5. The summed E-state index contributed by atoms with van der Waals surface area (Å²) in [5.41, 5.74) is 2.37. The van der Waals surface area contributed by atoms with Gasteiger partial charge >= 0.3 is 0 Å². The average Bonchev–Trinajstić information content (AvgIpc) is 3.26. The van der Waals surface area contributed by atoms with Crippen LogP contribution < -0.4 is 0 Å². The topological polar surface area (TPSA) is 93.0 Å². The Labute approximate surface area is 203 Å². The van der Waals surface area contributed by atoms with Gasteiger partial charge < -0.3 is 19.0 Å². The van der Waals surface area contributed by atoms with Crippen LogP contribution in [0.3, 0.4) is 0 Å². The molecule has 8 nitrogen and oxygen atoms in total. The third-order valence-corrected chi connectivity index (χ3v) is 6.41. The lowest BCUT2D eigenvalue weighted by Crippen LogP contribution is -2.40. The molecule has 2 aliphatic rings. The van der Waals surface area contributed by atoms with Crippen LogP contribution in [-0.2, 0) is 29.1 Å². The number of benzene rings is 1. The lowest BCUT2D eigenvalue weighted by molar-refractivity contribution is -0.132. The van der Waals surface area contributed by atoms with Gasteiger partial charge in [0.2, 0.25) is 5.91 Å². The molecule has 3 aromatic rings. The first-order valence-corrected chi connectivity index (χ1v) is 11.8. The molecule has 2 amide bonds. The van der Waals surface area contributed by atoms with Gasteiger partial charge in [0, 0.05) is 38.7 Å². The van der Waals surface area contributed by atoms with Crippen LogP contribution in [-0.4, -0.2) is 58.1 Å². The standard InChI is InChI=1S/C27H27N3O5/c31-23-10-6-11-24-26(23)22(18-35-24)27(33)30-15-21(34-17-20-9-4-5-12-28-20)14-29(25(32)16-30)13-19-7-2-1-3-8-19/h1-5,7-9,12,18,21H,6,10-11,13-17H2/t21-/m1/s1. The van der Waals surface area contributed by atoms with Crippen LogP contribution in [0.25, 0.3) is 0 Å². The summed E-state index contributed by atoms with van der Waals surface area (Å²) >= 11 is 0. The zero-order chi connectivity index (χ0) is 24.2. The number of carbonyl (C=O) groups excluding carboxylic acids is 3. The summed E-state index contributed by atoms with van der Waals surface area (Å²) < 4.78 is 11.7. The highest BCUT2D eigenvalue weighted by Crippen LogP contribution is 2.28. The quantitative estimate of drug-likeness (QED) is 0.546. The van der Waals surface area contributed by atoms with E-state index < -0.39 is 6.10 Å². The summed E-state index contributed by atoms with van der Waals surface area (Å²) in [5, 5.41) is 0. The van der Waals surface area contributed by atoms with E-state index in [0.717, 1.165) is 11.3 Å². The summed E-state index contributed by atoms with van der Waals surface area (Å²) in [4.78, 5) is 46.8. The number of carbonyl (C=O) groups is 3. The summed E-state index contributed by atoms with van der Waals surface area (Å²) in [6.07, 6.45) is 4.38. The Morgan fingerprint density at radius 3 is 2.69 bits per heavy atom. The fourth-order valence-corrected chi connectivity index (χ4v) is 4.63. The summed E-state index contributed by atoms with van der Waals surface area (Å²) in [6.45, 7) is 1.15. The predicted octanol–water partition coefficient (Wildman–Crippen LogP) is 3.26. The number of hydrogen-bond acceptors (Lipinski definition) is 6. The van der Waals surface area contributed by atoms with Crippen LogP contribution in [0.2, 0.25) is 0 Å². The largest absolute Gasteiger partial charge is 0.468 e. The Bertz CT molecular complexity index is 1210. The van der Waals surface area contributed by atoms with Gasteiger partial charge in [-0.05, 0) is 24.1 Å². The fourth-order valence-electron chi connectivity index (χ4n) is 4.63. The molecule has 1 aromatic carbocycles. The van der Waals surface area contributed by atoms with E-state index in [0.29, 0.717) is 43.7 Å². The van der Waals surface area contributed by atoms with Gasteiger partial charge in [0.25, 0.3) is 5.91 Å². The third-order valence-electron chi connectivity index (χ3n) is 6.41. The summed E-state index contributed by atoms with van der Waals surface area (Å²) in [6, 6.07) is 15.3. The van der Waals surface area contributed by atoms with Crippen molar-refractivity contribution >= 4 is 17.6 Å². The maximum atomic E-state index is 13.5. The van der Waals surface area contributed by atoms with Gasteiger partial charge in [0.05, 0.1) is 29.5 Å². The van der Waals surface area contributed by atoms with Crippen molar-refractivity contribution in [3.8, 4) is 0 Å². The first-order chi connectivity index (χ1) is 17.1. The van der Waals surface area contributed by atoms with E-state index in [1.807, 2.05) is 48.5 Å². The van der Waals surface area contributed by atoms with Crippen molar-refractivity contribution in [3.63, 3.8) is 0 Å². The molecule has 1 fully saturated rings. The Balaban J connectivity index is 1.38. The van der Waals surface area contributed by atoms with Crippen molar-refractivity contribution in [3.05, 3.63) is 89.1 Å². The molecule has 2 aromatic heterocycles. The molecule has 1 atom stereocenters. The molecular weight excluding hydrogens is 446 g/mol. The van der Waals surface area contributed by atoms with E-state index in [4.69, 9.17) is 9.15 Å². The van der Waals surface area contributed by atoms with Crippen molar-refractivity contribution in [2.24, 2.45) is 0 Å². The van der Waals surface area contributed by atoms with Crippen LogP contribution >= 0.6 is 0 Å². The summed E-state index contributed by atoms with van der Waals surface area (Å²) in [5.74, 6) is -0.0843. The van der Waals surface area contributed by atoms with Crippen molar-refractivity contribution in [1.82, 2.24) is 14.8 Å². The van der Waals surface area contributed by atoms with Gasteiger partial charge in [-0.1, -0.05) is 36.4 Å². The molecule has 8 heteroatoms. The molecule has 3 heterocycles. The third kappa shape index (κ3) is 5.17. The van der Waals surface area contributed by atoms with Crippen LogP contribution in [0, 0.1) is 0 Å². The number of aryl methyl sites for hydroxylation is 1. The number of amides is 2. The van der Waals surface area contributed by atoms with E-state index in [-0.39, 0.29) is 42.9 Å². The summed E-state index contributed by atoms with van der Waals surface area (Å²) in [7, 11) is 0. The Kier molecular flexibility index (Phi) is 6.72. The van der Waals surface area contributed by atoms with Crippen LogP contribution in [0.4, 0.5) is 0 Å². The smallest absolute Gasteiger partial charge is 0.258 e. The molecule has 0 saturated carbocycles. The van der Waals surface area contributed by atoms with Gasteiger partial charge in [0.1, 0.15) is 18.6 Å². The minimum Gasteiger partial charge on any atom is -0.468 e. The number of nitrogens with zero attached hydrogens (tertiary/aromatic N) is 3. The molecule has 0 N–H and O–H groups in total. The molecule has 180 valence electrons. The number of aromatic nitrogens is 1. The second-order valence-corrected chi connectivity index (χ2v) is 8.92. The monoisotopic (exact) mass is 473 g/mol. The molecule has 0 unspecified atom stereocenters. The van der Waals surface area contributed by atoms with E-state index in [9.17, 15) is 14.4 Å². The second-order valence-electron chi connectivity index (χ2n) is 8.92. The molecule has 0 spiro atoms. The van der Waals surface area contributed by atoms with E-state index >= 15 is 0 Å². The number of fused-ring (bicyclic) bond motifs is 1. The SMILES string of the molecule is O=C1CCCc2occ(C(=O)N3CC(=O)N(Cc4ccccc4)C[C@@H](OCc4ccccn4)C3)c21. The first-order valence-electron chi connectivity index (χ1n) is 11.8. The number of furan rings is 1. The van der Waals surface area contributed by atoms with E-state index in [2.05, 4.69) is 4.98 Å². The van der Waals surface area contributed by atoms with Gasteiger partial charge in [-0.2, -0.15) is 0 Å². The first kappa shape index (κ1) is 23.0. The van der Waals surface area contributed by atoms with Crippen LogP contribution in [0.1, 0.15) is 50.6 Å². The highest BCUT2D eigenvalue weighted by Gasteiger charge is 2.35. The highest BCUT2D eigenvalue weighted by molar-refractivity contribution is 6.09. The number of ether oxygens (including phenoxy) is 1. The van der Waals surface area contributed by atoms with Crippen molar-refractivity contribution in [1.29, 1.82) is 0 Å². The molecule has 0 bridgehead atoms. The molecule has 1 saturated heterocycles. The minimum atomic E-state index is -0.422. The number of pyridine rings is 1. The zero-order valence-corrected chi connectivity index (χ0v) is 19.4. The molecule has 5 rings (SSSR count). The molecule has 0 radical (unpaired) electrons. The fraction of sp³-hybridized carbons (Fsp3) is 0.333. The van der Waals surface area contributed by atoms with Crippen molar-refractivity contribution < 1.29 is 23.5 Å². The number of Topliss-reactive ketones (excluding diaryl/α,β-unsaturated/α-hetero) is 1. The van der Waals surface area contributed by atoms with Crippen molar-refractivity contribution in [2.45, 2.75) is 38.5 Å². The lowest BCUT2D eigenvalue weighted by Gasteiger charge is -2.25. The Morgan fingerprint density at radius 2 is 1.89 bits per heavy atom. The number of rotatable bonds is 6. The van der Waals surface area contributed by atoms with Crippen LogP contribution in [0.5, 0.6) is 0 Å². The van der Waals surface area contributed by atoms with E-state index in [1.54, 1.807) is 11.1 Å². The van der Waals surface area contributed by atoms with Gasteiger partial charge in [-0.3, -0.25) is 19.4 Å². The minimum absolute atomic E-state index is 0.0850.